The van der Waals surface area contributed by atoms with E-state index in [1.807, 2.05) is 11.8 Å². The zero-order valence-electron chi connectivity index (χ0n) is 6.98. The molecule has 1 nitrogen and oxygen atoms in total. The average molecular weight is 173 g/mol. The van der Waals surface area contributed by atoms with Gasteiger partial charge in [0.2, 0.25) is 0 Å². The van der Waals surface area contributed by atoms with Crippen LogP contribution < -0.4 is 0 Å². The fourth-order valence-electron chi connectivity index (χ4n) is 0.940. The van der Waals surface area contributed by atoms with Gasteiger partial charge in [-0.05, 0) is 6.04 Å². The molecule has 0 saturated heterocycles. The maximum absolute atomic E-state index is 4.44. The summed E-state index contributed by atoms with van der Waals surface area (Å²) >= 11 is 1.95. The van der Waals surface area contributed by atoms with E-state index in [0.29, 0.717) is 0 Å². The lowest BCUT2D eigenvalue weighted by Crippen LogP contribution is -2.22. The third-order valence-corrected chi connectivity index (χ3v) is 3.97. The van der Waals surface area contributed by atoms with E-state index in [9.17, 15) is 0 Å². The minimum atomic E-state index is -0.874. The molecule has 0 amide bonds. The molecule has 10 heavy (non-hydrogen) atoms. The van der Waals surface area contributed by atoms with E-state index in [2.05, 4.69) is 24.6 Å². The SMILES string of the molecule is C[Si](C)(C)CC1=NCCS1. The Labute approximate surface area is 68.3 Å². The van der Waals surface area contributed by atoms with Crippen LogP contribution in [0.5, 0.6) is 0 Å². The van der Waals surface area contributed by atoms with Crippen molar-refractivity contribution in [3.8, 4) is 0 Å². The number of hydrogen-bond acceptors (Lipinski definition) is 2. The van der Waals surface area contributed by atoms with E-state index < -0.39 is 8.07 Å². The fraction of sp³-hybridized carbons (Fsp3) is 0.857. The highest BCUT2D eigenvalue weighted by atomic mass is 32.2. The molecule has 0 unspecified atom stereocenters. The Morgan fingerprint density at radius 3 is 2.60 bits per heavy atom. The van der Waals surface area contributed by atoms with Crippen LogP contribution in [0.3, 0.4) is 0 Å². The summed E-state index contributed by atoms with van der Waals surface area (Å²) in [4.78, 5) is 4.44. The molecule has 0 aliphatic carbocycles. The summed E-state index contributed by atoms with van der Waals surface area (Å²) in [5.41, 5.74) is 0. The molecule has 0 atom stereocenters. The second kappa shape index (κ2) is 3.09. The van der Waals surface area contributed by atoms with Crippen LogP contribution in [0.25, 0.3) is 0 Å². The first kappa shape index (κ1) is 8.33. The van der Waals surface area contributed by atoms with Crippen molar-refractivity contribution in [2.75, 3.05) is 12.3 Å². The van der Waals surface area contributed by atoms with Crippen molar-refractivity contribution in [2.24, 2.45) is 4.99 Å². The van der Waals surface area contributed by atoms with Crippen LogP contribution in [-0.4, -0.2) is 25.4 Å². The van der Waals surface area contributed by atoms with Gasteiger partial charge in [0.05, 0.1) is 13.1 Å². The van der Waals surface area contributed by atoms with Crippen LogP contribution in [-0.2, 0) is 0 Å². The van der Waals surface area contributed by atoms with Gasteiger partial charge in [-0.15, -0.1) is 11.8 Å². The van der Waals surface area contributed by atoms with Crippen LogP contribution in [0, 0.1) is 0 Å². The van der Waals surface area contributed by atoms with E-state index >= 15 is 0 Å². The molecule has 1 aliphatic rings. The molecule has 0 radical (unpaired) electrons. The molecule has 0 fully saturated rings. The van der Waals surface area contributed by atoms with Crippen LogP contribution in [0.1, 0.15) is 0 Å². The molecule has 0 spiro atoms. The standard InChI is InChI=1S/C7H15NSSi/c1-10(2,3)6-7-8-4-5-9-7/h4-6H2,1-3H3. The highest BCUT2D eigenvalue weighted by molar-refractivity contribution is 8.14. The highest BCUT2D eigenvalue weighted by Crippen LogP contribution is 2.20. The summed E-state index contributed by atoms with van der Waals surface area (Å²) in [7, 11) is -0.874. The van der Waals surface area contributed by atoms with Gasteiger partial charge in [-0.25, -0.2) is 0 Å². The van der Waals surface area contributed by atoms with Gasteiger partial charge in [0.25, 0.3) is 0 Å². The highest BCUT2D eigenvalue weighted by Gasteiger charge is 2.18. The third-order valence-electron chi connectivity index (χ3n) is 1.33. The lowest BCUT2D eigenvalue weighted by atomic mass is 10.7. The fourth-order valence-corrected chi connectivity index (χ4v) is 4.27. The Hall–Kier alpha value is 0.237. The van der Waals surface area contributed by atoms with Crippen molar-refractivity contribution in [1.29, 1.82) is 0 Å². The second-order valence-corrected chi connectivity index (χ2v) is 10.5. The van der Waals surface area contributed by atoms with Crippen molar-refractivity contribution in [3.63, 3.8) is 0 Å². The van der Waals surface area contributed by atoms with Gasteiger partial charge in [0.15, 0.2) is 0 Å². The van der Waals surface area contributed by atoms with Crippen LogP contribution in [0.2, 0.25) is 25.7 Å². The van der Waals surface area contributed by atoms with Crippen molar-refractivity contribution in [2.45, 2.75) is 25.7 Å². The molecule has 0 saturated carbocycles. The normalized spacial score (nSPS) is 19.3. The van der Waals surface area contributed by atoms with Gasteiger partial charge in [-0.1, -0.05) is 19.6 Å². The number of nitrogens with zero attached hydrogens (tertiary/aromatic N) is 1. The molecule has 0 bridgehead atoms. The molecule has 0 aromatic carbocycles. The largest absolute Gasteiger partial charge is 0.282 e. The summed E-state index contributed by atoms with van der Waals surface area (Å²) in [6, 6.07) is 1.29. The van der Waals surface area contributed by atoms with Gasteiger partial charge in [0.1, 0.15) is 0 Å². The molecule has 1 rings (SSSR count). The molecule has 0 N–H and O–H groups in total. The molecular weight excluding hydrogens is 158 g/mol. The quantitative estimate of drug-likeness (QED) is 0.584. The lowest BCUT2D eigenvalue weighted by Gasteiger charge is -2.14. The summed E-state index contributed by atoms with van der Waals surface area (Å²) in [5.74, 6) is 1.22. The zero-order chi connectivity index (χ0) is 7.61. The molecule has 1 aliphatic heterocycles. The van der Waals surface area contributed by atoms with Crippen molar-refractivity contribution >= 4 is 24.9 Å². The zero-order valence-corrected chi connectivity index (χ0v) is 8.79. The van der Waals surface area contributed by atoms with Gasteiger partial charge in [-0.2, -0.15) is 0 Å². The Morgan fingerprint density at radius 2 is 2.20 bits per heavy atom. The van der Waals surface area contributed by atoms with Crippen molar-refractivity contribution in [3.05, 3.63) is 0 Å². The third kappa shape index (κ3) is 2.88. The Morgan fingerprint density at radius 1 is 1.50 bits per heavy atom. The lowest BCUT2D eigenvalue weighted by molar-refractivity contribution is 1.17. The Balaban J connectivity index is 2.38. The van der Waals surface area contributed by atoms with E-state index in [1.54, 1.807) is 0 Å². The van der Waals surface area contributed by atoms with E-state index in [-0.39, 0.29) is 0 Å². The van der Waals surface area contributed by atoms with E-state index in [4.69, 9.17) is 0 Å². The summed E-state index contributed by atoms with van der Waals surface area (Å²) in [5, 5.41) is 1.42. The van der Waals surface area contributed by atoms with Crippen molar-refractivity contribution < 1.29 is 0 Å². The number of hydrogen-bond donors (Lipinski definition) is 0. The Bertz CT molecular complexity index is 148. The molecule has 0 aromatic heterocycles. The molecule has 0 aromatic rings. The molecular formula is C7H15NSSi. The number of rotatable bonds is 2. The maximum Gasteiger partial charge on any atom is 0.0650 e. The maximum atomic E-state index is 4.44. The number of thioether (sulfide) groups is 1. The first-order chi connectivity index (χ1) is 4.58. The van der Waals surface area contributed by atoms with E-state index in [1.165, 1.54) is 16.8 Å². The first-order valence-corrected chi connectivity index (χ1v) is 8.43. The summed E-state index contributed by atoms with van der Waals surface area (Å²) < 4.78 is 0. The number of aliphatic imine (C=N–C) groups is 1. The van der Waals surface area contributed by atoms with Crippen LogP contribution >= 0.6 is 11.8 Å². The monoisotopic (exact) mass is 173 g/mol. The Kier molecular flexibility index (Phi) is 2.58. The summed E-state index contributed by atoms with van der Waals surface area (Å²) in [6.07, 6.45) is 0. The average Bonchev–Trinajstić information content (AvgIpc) is 2.12. The predicted molar refractivity (Wildman–Crippen MR) is 52.9 cm³/mol. The first-order valence-electron chi connectivity index (χ1n) is 3.74. The minimum absolute atomic E-state index is 0.874. The van der Waals surface area contributed by atoms with Gasteiger partial charge in [0, 0.05) is 12.3 Å². The summed E-state index contributed by atoms with van der Waals surface area (Å²) in [6.45, 7) is 8.25. The topological polar surface area (TPSA) is 12.4 Å². The van der Waals surface area contributed by atoms with Crippen LogP contribution in [0.4, 0.5) is 0 Å². The second-order valence-electron chi connectivity index (χ2n) is 3.86. The van der Waals surface area contributed by atoms with Gasteiger partial charge in [-0.3, -0.25) is 4.99 Å². The van der Waals surface area contributed by atoms with Crippen molar-refractivity contribution in [1.82, 2.24) is 0 Å². The van der Waals surface area contributed by atoms with E-state index in [0.717, 1.165) is 6.54 Å². The molecule has 3 heteroatoms. The molecule has 58 valence electrons. The predicted octanol–water partition coefficient (Wildman–Crippen LogP) is 2.47. The smallest absolute Gasteiger partial charge is 0.0650 e. The van der Waals surface area contributed by atoms with Gasteiger partial charge >= 0.3 is 0 Å². The van der Waals surface area contributed by atoms with Gasteiger partial charge < -0.3 is 0 Å². The minimum Gasteiger partial charge on any atom is -0.282 e. The molecule has 1 heterocycles. The van der Waals surface area contributed by atoms with Crippen LogP contribution in [0.15, 0.2) is 4.99 Å².